The molecule has 8 heteroatoms. The van der Waals surface area contributed by atoms with Gasteiger partial charge in [0, 0.05) is 61.1 Å². The van der Waals surface area contributed by atoms with Crippen molar-refractivity contribution in [3.05, 3.63) is 117 Å². The molecule has 1 saturated heterocycles. The molecule has 3 heterocycles. The normalized spacial score (nSPS) is 16.4. The summed E-state index contributed by atoms with van der Waals surface area (Å²) in [5.41, 5.74) is 11.5. The Morgan fingerprint density at radius 1 is 0.947 bits per heavy atom. The van der Waals surface area contributed by atoms with Crippen LogP contribution in [-0.4, -0.2) is 52.7 Å². The van der Waals surface area contributed by atoms with E-state index in [1.807, 2.05) is 39.8 Å². The van der Waals surface area contributed by atoms with Crippen LogP contribution < -0.4 is 10.2 Å². The van der Waals surface area contributed by atoms with Crippen LogP contribution in [0.15, 0.2) is 66.7 Å². The maximum atomic E-state index is 13.2. The van der Waals surface area contributed by atoms with Gasteiger partial charge in [-0.2, -0.15) is 0 Å². The van der Waals surface area contributed by atoms with Crippen LogP contribution in [0, 0.1) is 19.3 Å². The number of carboxylic acids is 1. The SMILES string of the molecule is Cc1cccc(Cl)c1CN1CCc2cc(-c3c(CNCCCCCCc4ccccc4)nc(C)c(C(OC(C)(C)C)C(=O)O)c3N3CCC(C)(C)CC3)ccc2C1. The molecule has 57 heavy (non-hydrogen) atoms. The number of aromatic nitrogens is 1. The van der Waals surface area contributed by atoms with Gasteiger partial charge in [0.1, 0.15) is 0 Å². The largest absolute Gasteiger partial charge is 0.479 e. The van der Waals surface area contributed by atoms with Crippen LogP contribution in [0.2, 0.25) is 5.02 Å². The summed E-state index contributed by atoms with van der Waals surface area (Å²) in [6.45, 7) is 20.4. The first kappa shape index (κ1) is 42.8. The van der Waals surface area contributed by atoms with E-state index in [-0.39, 0.29) is 5.41 Å². The highest BCUT2D eigenvalue weighted by Crippen LogP contribution is 2.45. The second-order valence-electron chi connectivity index (χ2n) is 18.2. The molecule has 0 spiro atoms. The predicted octanol–water partition coefficient (Wildman–Crippen LogP) is 11.0. The summed E-state index contributed by atoms with van der Waals surface area (Å²) in [7, 11) is 0. The van der Waals surface area contributed by atoms with Gasteiger partial charge in [0.05, 0.1) is 17.0 Å². The van der Waals surface area contributed by atoms with Crippen LogP contribution in [0.4, 0.5) is 5.69 Å². The van der Waals surface area contributed by atoms with Gasteiger partial charge in [-0.1, -0.05) is 99.0 Å². The van der Waals surface area contributed by atoms with Crippen LogP contribution in [-0.2, 0) is 42.0 Å². The number of halogens is 1. The van der Waals surface area contributed by atoms with Crippen molar-refractivity contribution in [3.8, 4) is 11.1 Å². The van der Waals surface area contributed by atoms with Gasteiger partial charge < -0.3 is 20.1 Å². The maximum absolute atomic E-state index is 13.2. The Kier molecular flexibility index (Phi) is 14.2. The van der Waals surface area contributed by atoms with E-state index < -0.39 is 17.7 Å². The monoisotopic (exact) mass is 792 g/mol. The summed E-state index contributed by atoms with van der Waals surface area (Å²) in [4.78, 5) is 23.4. The second kappa shape index (κ2) is 18.9. The average Bonchev–Trinajstić information content (AvgIpc) is 3.16. The molecular formula is C49H65ClN4O3. The van der Waals surface area contributed by atoms with Crippen molar-refractivity contribution >= 4 is 23.3 Å². The van der Waals surface area contributed by atoms with E-state index in [1.165, 1.54) is 47.1 Å². The predicted molar refractivity (Wildman–Crippen MR) is 235 cm³/mol. The molecule has 0 bridgehead atoms. The third-order valence-corrected chi connectivity index (χ3v) is 12.2. The lowest BCUT2D eigenvalue weighted by Gasteiger charge is -2.41. The van der Waals surface area contributed by atoms with Gasteiger partial charge in [-0.05, 0) is 125 Å². The van der Waals surface area contributed by atoms with Crippen LogP contribution in [0.25, 0.3) is 11.1 Å². The molecule has 4 aromatic rings. The van der Waals surface area contributed by atoms with Gasteiger partial charge in [0.2, 0.25) is 0 Å². The first-order valence-electron chi connectivity index (χ1n) is 21.2. The molecule has 3 aromatic carbocycles. The summed E-state index contributed by atoms with van der Waals surface area (Å²) in [6.07, 6.45) is 7.62. The highest BCUT2D eigenvalue weighted by Gasteiger charge is 2.37. The molecule has 0 aliphatic carbocycles. The Hall–Kier alpha value is -3.75. The molecule has 0 radical (unpaired) electrons. The number of hydrogen-bond donors (Lipinski definition) is 2. The highest BCUT2D eigenvalue weighted by molar-refractivity contribution is 6.31. The molecule has 2 aliphatic rings. The number of unbranched alkanes of at least 4 members (excludes halogenated alkanes) is 3. The maximum Gasteiger partial charge on any atom is 0.337 e. The number of carboxylic acid groups (broad SMARTS) is 1. The van der Waals surface area contributed by atoms with E-state index in [2.05, 4.69) is 90.5 Å². The highest BCUT2D eigenvalue weighted by atomic mass is 35.5. The number of aryl methyl sites for hydroxylation is 3. The van der Waals surface area contributed by atoms with Crippen LogP contribution >= 0.6 is 11.6 Å². The molecule has 2 N–H and O–H groups in total. The van der Waals surface area contributed by atoms with Crippen molar-refractivity contribution in [2.75, 3.05) is 31.1 Å². The third kappa shape index (κ3) is 11.3. The van der Waals surface area contributed by atoms with Gasteiger partial charge in [-0.15, -0.1) is 0 Å². The molecule has 0 saturated carbocycles. The van der Waals surface area contributed by atoms with Crippen molar-refractivity contribution in [1.82, 2.24) is 15.2 Å². The molecule has 2 aliphatic heterocycles. The van der Waals surface area contributed by atoms with Gasteiger partial charge in [-0.3, -0.25) is 9.88 Å². The quantitative estimate of drug-likeness (QED) is 0.109. The average molecular weight is 794 g/mol. The van der Waals surface area contributed by atoms with E-state index in [4.69, 9.17) is 21.3 Å². The number of piperidine rings is 1. The molecule has 1 aromatic heterocycles. The number of fused-ring (bicyclic) bond motifs is 1. The summed E-state index contributed by atoms with van der Waals surface area (Å²) >= 11 is 6.66. The molecule has 6 rings (SSSR count). The first-order chi connectivity index (χ1) is 27.2. The topological polar surface area (TPSA) is 77.9 Å². The molecule has 1 unspecified atom stereocenters. The number of benzene rings is 3. The van der Waals surface area contributed by atoms with Crippen LogP contribution in [0.1, 0.15) is 124 Å². The van der Waals surface area contributed by atoms with Gasteiger partial charge >= 0.3 is 5.97 Å². The van der Waals surface area contributed by atoms with E-state index in [9.17, 15) is 9.90 Å². The molecule has 0 amide bonds. The van der Waals surface area contributed by atoms with E-state index in [0.29, 0.717) is 12.1 Å². The van der Waals surface area contributed by atoms with Crippen molar-refractivity contribution in [3.63, 3.8) is 0 Å². The van der Waals surface area contributed by atoms with E-state index in [1.54, 1.807) is 0 Å². The Labute approximate surface area is 347 Å². The van der Waals surface area contributed by atoms with Crippen molar-refractivity contribution in [1.29, 1.82) is 0 Å². The molecular weight excluding hydrogens is 728 g/mol. The molecule has 1 fully saturated rings. The lowest BCUT2D eigenvalue weighted by atomic mass is 9.81. The zero-order valence-electron chi connectivity index (χ0n) is 35.5. The molecule has 7 nitrogen and oxygen atoms in total. The number of nitrogens with zero attached hydrogens (tertiary/aromatic N) is 3. The third-order valence-electron chi connectivity index (χ3n) is 11.9. The van der Waals surface area contributed by atoms with Crippen LogP contribution in [0.3, 0.4) is 0 Å². The molecule has 1 atom stereocenters. The number of carbonyl (C=O) groups is 1. The number of aliphatic carboxylic acids is 1. The number of hydrogen-bond acceptors (Lipinski definition) is 6. The Balaban J connectivity index is 1.33. The van der Waals surface area contributed by atoms with Gasteiger partial charge in [0.15, 0.2) is 6.10 Å². The Morgan fingerprint density at radius 2 is 1.68 bits per heavy atom. The summed E-state index contributed by atoms with van der Waals surface area (Å²) in [5.74, 6) is -0.989. The fraction of sp³-hybridized carbons (Fsp3) is 0.510. The molecule has 306 valence electrons. The van der Waals surface area contributed by atoms with Crippen molar-refractivity contribution in [2.45, 2.75) is 131 Å². The lowest BCUT2D eigenvalue weighted by molar-refractivity contribution is -0.160. The number of nitrogens with one attached hydrogen (secondary N) is 1. The zero-order chi connectivity index (χ0) is 40.7. The summed E-state index contributed by atoms with van der Waals surface area (Å²) < 4.78 is 6.41. The second-order valence-corrected chi connectivity index (χ2v) is 18.6. The smallest absolute Gasteiger partial charge is 0.337 e. The summed E-state index contributed by atoms with van der Waals surface area (Å²) in [6, 6.07) is 23.8. The Morgan fingerprint density at radius 3 is 2.39 bits per heavy atom. The van der Waals surface area contributed by atoms with Crippen LogP contribution in [0.5, 0.6) is 0 Å². The van der Waals surface area contributed by atoms with Gasteiger partial charge in [-0.25, -0.2) is 4.79 Å². The standard InChI is InChI=1S/C49H65ClN4O3/c1-34-16-15-20-41(50)40(34)33-53-27-23-37-30-38(21-22-39(37)32-53)44-42(31-51-26-14-9-8-11-17-36-18-12-10-13-19-36)52-35(2)43(46(47(55)56)57-48(3,4)5)45(44)54-28-24-49(6,7)25-29-54/h10,12-13,15-16,18-22,30,46,51H,8-9,11,14,17,23-29,31-33H2,1-7H3,(H,55,56). The number of rotatable bonds is 16. The van der Waals surface area contributed by atoms with Gasteiger partial charge in [0.25, 0.3) is 0 Å². The number of pyridine rings is 1. The Bertz CT molecular complexity index is 1960. The minimum absolute atomic E-state index is 0.221. The minimum atomic E-state index is -1.15. The zero-order valence-corrected chi connectivity index (χ0v) is 36.3. The minimum Gasteiger partial charge on any atom is -0.479 e. The number of ether oxygens (including phenoxy) is 1. The number of anilines is 1. The fourth-order valence-electron chi connectivity index (χ4n) is 8.53. The summed E-state index contributed by atoms with van der Waals surface area (Å²) in [5, 5.41) is 15.4. The van der Waals surface area contributed by atoms with Crippen molar-refractivity contribution < 1.29 is 14.6 Å². The lowest BCUT2D eigenvalue weighted by Crippen LogP contribution is -2.39. The van der Waals surface area contributed by atoms with E-state index in [0.717, 1.165) is 105 Å². The van der Waals surface area contributed by atoms with Crippen molar-refractivity contribution in [2.24, 2.45) is 5.41 Å². The van der Waals surface area contributed by atoms with E-state index >= 15 is 0 Å². The first-order valence-corrected chi connectivity index (χ1v) is 21.6. The fourth-order valence-corrected chi connectivity index (χ4v) is 8.81.